The first kappa shape index (κ1) is 8.81. The molecule has 0 unspecified atom stereocenters. The van der Waals surface area contributed by atoms with Crippen molar-refractivity contribution >= 4 is 28.9 Å². The summed E-state index contributed by atoms with van der Waals surface area (Å²) in [6.07, 6.45) is 1.94. The third-order valence-corrected chi connectivity index (χ3v) is 2.74. The van der Waals surface area contributed by atoms with Crippen LogP contribution in [-0.2, 0) is 0 Å². The standard InChI is InChI=1S/C8H10OS2/c1-6-3-7(4-11-6)8(9)5-10-2/h3-4H,5H2,1-2H3. The predicted molar refractivity (Wildman–Crippen MR) is 51.8 cm³/mol. The highest BCUT2D eigenvalue weighted by molar-refractivity contribution is 7.99. The molecule has 0 aliphatic rings. The maximum absolute atomic E-state index is 11.2. The van der Waals surface area contributed by atoms with Gasteiger partial charge in [-0.25, -0.2) is 0 Å². The Labute approximate surface area is 74.8 Å². The van der Waals surface area contributed by atoms with Gasteiger partial charge >= 0.3 is 0 Å². The molecule has 11 heavy (non-hydrogen) atoms. The number of hydrogen-bond donors (Lipinski definition) is 0. The number of rotatable bonds is 3. The number of hydrogen-bond acceptors (Lipinski definition) is 3. The van der Waals surface area contributed by atoms with Crippen LogP contribution in [-0.4, -0.2) is 17.8 Å². The largest absolute Gasteiger partial charge is 0.293 e. The van der Waals surface area contributed by atoms with Crippen molar-refractivity contribution in [3.05, 3.63) is 21.9 Å². The van der Waals surface area contributed by atoms with Gasteiger partial charge in [-0.2, -0.15) is 11.8 Å². The fourth-order valence-corrected chi connectivity index (χ4v) is 1.94. The average molecular weight is 186 g/mol. The Balaban J connectivity index is 2.69. The maximum Gasteiger partial charge on any atom is 0.173 e. The van der Waals surface area contributed by atoms with Crippen molar-refractivity contribution in [1.29, 1.82) is 0 Å². The second-order valence-corrected chi connectivity index (χ2v) is 4.28. The van der Waals surface area contributed by atoms with Crippen LogP contribution >= 0.6 is 23.1 Å². The van der Waals surface area contributed by atoms with Gasteiger partial charge in [0.05, 0.1) is 5.75 Å². The summed E-state index contributed by atoms with van der Waals surface area (Å²) in [4.78, 5) is 12.4. The fourth-order valence-electron chi connectivity index (χ4n) is 0.804. The van der Waals surface area contributed by atoms with Gasteiger partial charge in [-0.05, 0) is 19.2 Å². The Hall–Kier alpha value is -0.280. The molecule has 1 aromatic rings. The summed E-state index contributed by atoms with van der Waals surface area (Å²) >= 11 is 3.20. The summed E-state index contributed by atoms with van der Waals surface area (Å²) in [5.74, 6) is 0.831. The Morgan fingerprint density at radius 2 is 2.45 bits per heavy atom. The maximum atomic E-state index is 11.2. The molecule has 0 radical (unpaired) electrons. The van der Waals surface area contributed by atoms with Crippen LogP contribution in [0.25, 0.3) is 0 Å². The summed E-state index contributed by atoms with van der Waals surface area (Å²) in [5.41, 5.74) is 0.863. The summed E-state index contributed by atoms with van der Waals surface area (Å²) < 4.78 is 0. The molecule has 0 aromatic carbocycles. The molecule has 1 aromatic heterocycles. The lowest BCUT2D eigenvalue weighted by molar-refractivity contribution is 0.102. The van der Waals surface area contributed by atoms with E-state index in [4.69, 9.17) is 0 Å². The Morgan fingerprint density at radius 1 is 1.73 bits per heavy atom. The minimum atomic E-state index is 0.238. The number of aryl methyl sites for hydroxylation is 1. The summed E-state index contributed by atoms with van der Waals surface area (Å²) in [6.45, 7) is 2.01. The molecule has 0 aliphatic carbocycles. The summed E-state index contributed by atoms with van der Waals surface area (Å²) in [5, 5.41) is 1.92. The quantitative estimate of drug-likeness (QED) is 0.675. The van der Waals surface area contributed by atoms with Crippen molar-refractivity contribution in [3.8, 4) is 0 Å². The van der Waals surface area contributed by atoms with Gasteiger partial charge in [0.1, 0.15) is 0 Å². The Bertz CT molecular complexity index is 252. The minimum Gasteiger partial charge on any atom is -0.293 e. The molecule has 0 fully saturated rings. The minimum absolute atomic E-state index is 0.238. The molecule has 1 rings (SSSR count). The zero-order valence-corrected chi connectivity index (χ0v) is 8.22. The van der Waals surface area contributed by atoms with Crippen molar-refractivity contribution in [2.45, 2.75) is 6.92 Å². The molecule has 0 spiro atoms. The molecular weight excluding hydrogens is 176 g/mol. The zero-order valence-electron chi connectivity index (χ0n) is 6.59. The molecule has 0 saturated heterocycles. The number of carbonyl (C=O) groups excluding carboxylic acids is 1. The number of ketones is 1. The lowest BCUT2D eigenvalue weighted by Crippen LogP contribution is -1.99. The predicted octanol–water partition coefficient (Wildman–Crippen LogP) is 2.60. The zero-order chi connectivity index (χ0) is 8.27. The third-order valence-electron chi connectivity index (χ3n) is 1.33. The van der Waals surface area contributed by atoms with E-state index in [0.29, 0.717) is 5.75 Å². The Kier molecular flexibility index (Phi) is 3.15. The van der Waals surface area contributed by atoms with Crippen molar-refractivity contribution in [1.82, 2.24) is 0 Å². The normalized spacial score (nSPS) is 10.0. The highest BCUT2D eigenvalue weighted by Gasteiger charge is 2.05. The van der Waals surface area contributed by atoms with Crippen LogP contribution in [0.2, 0.25) is 0 Å². The molecule has 0 bridgehead atoms. The molecule has 1 nitrogen and oxygen atoms in total. The van der Waals surface area contributed by atoms with Gasteiger partial charge in [0.25, 0.3) is 0 Å². The van der Waals surface area contributed by atoms with Gasteiger partial charge < -0.3 is 0 Å². The van der Waals surface area contributed by atoms with Crippen LogP contribution in [0.1, 0.15) is 15.2 Å². The van der Waals surface area contributed by atoms with Crippen LogP contribution in [0, 0.1) is 6.92 Å². The van der Waals surface area contributed by atoms with E-state index in [0.717, 1.165) is 5.56 Å². The first-order valence-corrected chi connectivity index (χ1v) is 5.58. The van der Waals surface area contributed by atoms with Gasteiger partial charge in [0.15, 0.2) is 5.78 Å². The van der Waals surface area contributed by atoms with Crippen LogP contribution in [0.15, 0.2) is 11.4 Å². The van der Waals surface area contributed by atoms with Crippen molar-refractivity contribution in [3.63, 3.8) is 0 Å². The van der Waals surface area contributed by atoms with Crippen LogP contribution in [0.5, 0.6) is 0 Å². The summed E-state index contributed by atoms with van der Waals surface area (Å²) in [6, 6.07) is 1.95. The molecule has 60 valence electrons. The van der Waals surface area contributed by atoms with Gasteiger partial charge in [0, 0.05) is 15.8 Å². The van der Waals surface area contributed by atoms with Gasteiger partial charge in [-0.1, -0.05) is 0 Å². The van der Waals surface area contributed by atoms with E-state index >= 15 is 0 Å². The second-order valence-electron chi connectivity index (χ2n) is 2.30. The molecule has 0 aliphatic heterocycles. The molecular formula is C8H10OS2. The SMILES string of the molecule is CSCC(=O)c1csc(C)c1. The van der Waals surface area contributed by atoms with E-state index in [9.17, 15) is 4.79 Å². The molecule has 0 amide bonds. The van der Waals surface area contributed by atoms with Gasteiger partial charge in [0.2, 0.25) is 0 Å². The molecule has 1 heterocycles. The van der Waals surface area contributed by atoms with E-state index < -0.39 is 0 Å². The van der Waals surface area contributed by atoms with Gasteiger partial charge in [-0.15, -0.1) is 11.3 Å². The highest BCUT2D eigenvalue weighted by Crippen LogP contribution is 2.14. The molecule has 3 heteroatoms. The second kappa shape index (κ2) is 3.93. The smallest absolute Gasteiger partial charge is 0.173 e. The van der Waals surface area contributed by atoms with E-state index in [1.165, 1.54) is 4.88 Å². The van der Waals surface area contributed by atoms with Crippen LogP contribution in [0.3, 0.4) is 0 Å². The fraction of sp³-hybridized carbons (Fsp3) is 0.375. The monoisotopic (exact) mass is 186 g/mol. The van der Waals surface area contributed by atoms with Gasteiger partial charge in [-0.3, -0.25) is 4.79 Å². The molecule has 0 saturated carbocycles. The first-order valence-electron chi connectivity index (χ1n) is 3.31. The third kappa shape index (κ3) is 2.34. The van der Waals surface area contributed by atoms with Crippen LogP contribution < -0.4 is 0 Å². The van der Waals surface area contributed by atoms with E-state index in [2.05, 4.69) is 0 Å². The van der Waals surface area contributed by atoms with E-state index in [1.54, 1.807) is 23.1 Å². The average Bonchev–Trinajstić information content (AvgIpc) is 2.36. The number of thiophene rings is 1. The van der Waals surface area contributed by atoms with Crippen molar-refractivity contribution in [2.75, 3.05) is 12.0 Å². The lowest BCUT2D eigenvalue weighted by atomic mass is 10.2. The highest BCUT2D eigenvalue weighted by atomic mass is 32.2. The topological polar surface area (TPSA) is 17.1 Å². The van der Waals surface area contributed by atoms with Crippen molar-refractivity contribution < 1.29 is 4.79 Å². The Morgan fingerprint density at radius 3 is 2.91 bits per heavy atom. The summed E-state index contributed by atoms with van der Waals surface area (Å²) in [7, 11) is 0. The molecule has 0 N–H and O–H groups in total. The van der Waals surface area contributed by atoms with E-state index in [1.807, 2.05) is 24.6 Å². The van der Waals surface area contributed by atoms with Crippen molar-refractivity contribution in [2.24, 2.45) is 0 Å². The van der Waals surface area contributed by atoms with E-state index in [-0.39, 0.29) is 5.78 Å². The number of Topliss-reactive ketones (excluding diaryl/α,β-unsaturated/α-hetero) is 1. The number of thioether (sulfide) groups is 1. The molecule has 0 atom stereocenters. The number of carbonyl (C=O) groups is 1. The lowest BCUT2D eigenvalue weighted by Gasteiger charge is -1.91. The first-order chi connectivity index (χ1) is 5.24. The van der Waals surface area contributed by atoms with Crippen LogP contribution in [0.4, 0.5) is 0 Å².